The maximum absolute atomic E-state index is 11.2. The fourth-order valence-electron chi connectivity index (χ4n) is 4.07. The Morgan fingerprint density at radius 2 is 2.00 bits per heavy atom. The first-order valence-electron chi connectivity index (χ1n) is 7.39. The van der Waals surface area contributed by atoms with Crippen molar-refractivity contribution < 1.29 is 29.6 Å². The molecule has 0 aromatic heterocycles. The predicted octanol–water partition coefficient (Wildman–Crippen LogP) is 0.0348. The second-order valence-corrected chi connectivity index (χ2v) is 6.36. The molecule has 0 spiro atoms. The van der Waals surface area contributed by atoms with E-state index in [1.165, 1.54) is 0 Å². The lowest BCUT2D eigenvalue weighted by atomic mass is 9.62. The van der Waals surface area contributed by atoms with E-state index in [4.69, 9.17) is 9.47 Å². The van der Waals surface area contributed by atoms with Gasteiger partial charge in [0.25, 0.3) is 5.09 Å². The molecule has 120 valence electrons. The quantitative estimate of drug-likeness (QED) is 0.557. The summed E-state index contributed by atoms with van der Waals surface area (Å²) in [7, 11) is 0. The molecule has 2 heterocycles. The van der Waals surface area contributed by atoms with Gasteiger partial charge >= 0.3 is 0 Å². The number of aliphatic hydroxyl groups excluding tert-OH is 1. The van der Waals surface area contributed by atoms with Crippen LogP contribution in [0.1, 0.15) is 32.1 Å². The van der Waals surface area contributed by atoms with Gasteiger partial charge in [-0.15, -0.1) is 10.1 Å². The second kappa shape index (κ2) is 5.35. The third-order valence-electron chi connectivity index (χ3n) is 5.27. The van der Waals surface area contributed by atoms with Crippen molar-refractivity contribution in [2.24, 2.45) is 5.41 Å². The Bertz CT molecular complexity index is 411. The first kappa shape index (κ1) is 15.0. The minimum absolute atomic E-state index is 0.0144. The van der Waals surface area contributed by atoms with Crippen molar-refractivity contribution in [2.75, 3.05) is 19.8 Å². The fraction of sp³-hybridized carbons (Fsp3) is 1.00. The van der Waals surface area contributed by atoms with E-state index in [2.05, 4.69) is 4.84 Å². The number of aliphatic hydroxyl groups is 2. The van der Waals surface area contributed by atoms with Gasteiger partial charge in [-0.2, -0.15) is 0 Å². The van der Waals surface area contributed by atoms with Crippen molar-refractivity contribution in [3.63, 3.8) is 0 Å². The molecule has 8 heteroatoms. The summed E-state index contributed by atoms with van der Waals surface area (Å²) >= 11 is 0. The van der Waals surface area contributed by atoms with Crippen LogP contribution in [0.2, 0.25) is 0 Å². The van der Waals surface area contributed by atoms with E-state index in [-0.39, 0.29) is 19.8 Å². The molecule has 3 aliphatic rings. The maximum atomic E-state index is 11.2. The second-order valence-electron chi connectivity index (χ2n) is 6.36. The monoisotopic (exact) mass is 303 g/mol. The summed E-state index contributed by atoms with van der Waals surface area (Å²) in [4.78, 5) is 15.2. The molecule has 3 fully saturated rings. The zero-order valence-electron chi connectivity index (χ0n) is 11.8. The highest BCUT2D eigenvalue weighted by molar-refractivity contribution is 5.13. The minimum atomic E-state index is -1.36. The van der Waals surface area contributed by atoms with Crippen LogP contribution >= 0.6 is 0 Å². The molecule has 8 nitrogen and oxygen atoms in total. The third kappa shape index (κ3) is 2.30. The largest absolute Gasteiger partial charge is 0.388 e. The molecule has 0 bridgehead atoms. The van der Waals surface area contributed by atoms with Crippen molar-refractivity contribution in [2.45, 2.75) is 56.0 Å². The van der Waals surface area contributed by atoms with E-state index in [0.29, 0.717) is 12.8 Å². The van der Waals surface area contributed by atoms with Crippen LogP contribution in [0.4, 0.5) is 0 Å². The average Bonchev–Trinajstić information content (AvgIpc) is 3.01. The van der Waals surface area contributed by atoms with Gasteiger partial charge in [0.1, 0.15) is 30.5 Å². The number of fused-ring (bicyclic) bond motifs is 1. The lowest BCUT2D eigenvalue weighted by molar-refractivity contribution is -0.762. The lowest BCUT2D eigenvalue weighted by Gasteiger charge is -2.48. The topological polar surface area (TPSA) is 111 Å². The molecule has 0 amide bonds. The Hall–Kier alpha value is -0.960. The van der Waals surface area contributed by atoms with E-state index < -0.39 is 34.4 Å². The molecule has 0 aromatic rings. The summed E-state index contributed by atoms with van der Waals surface area (Å²) in [5.41, 5.74) is -2.12. The van der Waals surface area contributed by atoms with Crippen LogP contribution in [0, 0.1) is 15.5 Å². The van der Waals surface area contributed by atoms with Crippen molar-refractivity contribution in [1.82, 2.24) is 0 Å². The molecular weight excluding hydrogens is 282 g/mol. The Morgan fingerprint density at radius 1 is 1.29 bits per heavy atom. The SMILES string of the molecule is O=[N+]([O-])OCC1([C@@]2(O)CO[C@@H]3[C@H](O)CO[C@@H]32)CCCCC1. The van der Waals surface area contributed by atoms with E-state index in [0.717, 1.165) is 19.3 Å². The number of nitrogens with zero attached hydrogens (tertiary/aromatic N) is 1. The third-order valence-corrected chi connectivity index (χ3v) is 5.27. The highest BCUT2D eigenvalue weighted by atomic mass is 16.9. The summed E-state index contributed by atoms with van der Waals surface area (Å²) in [6.07, 6.45) is 2.07. The molecule has 2 saturated heterocycles. The highest BCUT2D eigenvalue weighted by Crippen LogP contribution is 2.52. The Labute approximate surface area is 122 Å². The van der Waals surface area contributed by atoms with E-state index >= 15 is 0 Å². The van der Waals surface area contributed by atoms with Crippen LogP contribution in [0.15, 0.2) is 0 Å². The molecule has 1 aliphatic carbocycles. The molecule has 0 unspecified atom stereocenters. The van der Waals surface area contributed by atoms with Gasteiger partial charge in [-0.3, -0.25) is 0 Å². The van der Waals surface area contributed by atoms with Crippen LogP contribution in [0.3, 0.4) is 0 Å². The van der Waals surface area contributed by atoms with Gasteiger partial charge in [-0.05, 0) is 12.8 Å². The summed E-state index contributed by atoms with van der Waals surface area (Å²) in [5.74, 6) is 0. The molecule has 4 atom stereocenters. The standard InChI is InChI=1S/C13H21NO7/c15-9-6-19-11-10(9)20-8-13(11,16)12(7-21-14(17)18)4-2-1-3-5-12/h9-11,15-16H,1-8H2/t9-,10-,11+,13-/m1/s1. The van der Waals surface area contributed by atoms with E-state index in [1.54, 1.807) is 0 Å². The van der Waals surface area contributed by atoms with Crippen LogP contribution in [0.5, 0.6) is 0 Å². The van der Waals surface area contributed by atoms with Crippen LogP contribution in [0.25, 0.3) is 0 Å². The minimum Gasteiger partial charge on any atom is -0.388 e. The Morgan fingerprint density at radius 3 is 2.67 bits per heavy atom. The Balaban J connectivity index is 1.86. The zero-order chi connectivity index (χ0) is 15.1. The van der Waals surface area contributed by atoms with Crippen LogP contribution in [-0.4, -0.2) is 59.0 Å². The normalized spacial score (nSPS) is 41.7. The first-order chi connectivity index (χ1) is 9.98. The first-order valence-corrected chi connectivity index (χ1v) is 7.39. The number of hydrogen-bond acceptors (Lipinski definition) is 7. The van der Waals surface area contributed by atoms with Crippen molar-refractivity contribution in [3.05, 3.63) is 10.1 Å². The molecule has 0 radical (unpaired) electrons. The molecule has 21 heavy (non-hydrogen) atoms. The van der Waals surface area contributed by atoms with Crippen molar-refractivity contribution >= 4 is 0 Å². The predicted molar refractivity (Wildman–Crippen MR) is 68.9 cm³/mol. The van der Waals surface area contributed by atoms with Crippen molar-refractivity contribution in [3.8, 4) is 0 Å². The number of rotatable bonds is 4. The van der Waals surface area contributed by atoms with Gasteiger partial charge in [-0.1, -0.05) is 19.3 Å². The smallest absolute Gasteiger partial charge is 0.294 e. The maximum Gasteiger partial charge on any atom is 0.294 e. The van der Waals surface area contributed by atoms with Gasteiger partial charge in [0.15, 0.2) is 0 Å². The average molecular weight is 303 g/mol. The molecular formula is C13H21NO7. The molecule has 1 saturated carbocycles. The summed E-state index contributed by atoms with van der Waals surface area (Å²) in [5, 5.41) is 30.8. The molecule has 3 rings (SSSR count). The molecule has 0 aromatic carbocycles. The van der Waals surface area contributed by atoms with Gasteiger partial charge < -0.3 is 24.5 Å². The van der Waals surface area contributed by atoms with Crippen molar-refractivity contribution in [1.29, 1.82) is 0 Å². The van der Waals surface area contributed by atoms with Crippen LogP contribution < -0.4 is 0 Å². The zero-order valence-corrected chi connectivity index (χ0v) is 11.8. The van der Waals surface area contributed by atoms with E-state index in [9.17, 15) is 20.3 Å². The summed E-state index contributed by atoms with van der Waals surface area (Å²) in [6, 6.07) is 0. The highest BCUT2D eigenvalue weighted by Gasteiger charge is 2.65. The molecule has 2 N–H and O–H groups in total. The number of hydrogen-bond donors (Lipinski definition) is 2. The van der Waals surface area contributed by atoms with Gasteiger partial charge in [0.2, 0.25) is 0 Å². The Kier molecular flexibility index (Phi) is 3.81. The van der Waals surface area contributed by atoms with Gasteiger partial charge in [0, 0.05) is 5.41 Å². The fourth-order valence-corrected chi connectivity index (χ4v) is 4.07. The van der Waals surface area contributed by atoms with Gasteiger partial charge in [0.05, 0.1) is 13.2 Å². The van der Waals surface area contributed by atoms with E-state index in [1.807, 2.05) is 0 Å². The lowest BCUT2D eigenvalue weighted by Crippen LogP contribution is -2.60. The molecule has 2 aliphatic heterocycles. The van der Waals surface area contributed by atoms with Gasteiger partial charge in [-0.25, -0.2) is 0 Å². The number of ether oxygens (including phenoxy) is 2. The summed E-state index contributed by atoms with van der Waals surface area (Å²) in [6.45, 7) is -0.0349. The summed E-state index contributed by atoms with van der Waals surface area (Å²) < 4.78 is 11.1. The van der Waals surface area contributed by atoms with Crippen LogP contribution in [-0.2, 0) is 14.3 Å².